The van der Waals surface area contributed by atoms with Gasteiger partial charge in [-0.25, -0.2) is 9.97 Å². The van der Waals surface area contributed by atoms with Crippen LogP contribution in [-0.2, 0) is 6.18 Å². The van der Waals surface area contributed by atoms with Crippen LogP contribution in [0.2, 0.25) is 0 Å². The van der Waals surface area contributed by atoms with E-state index >= 15 is 0 Å². The molecule has 0 atom stereocenters. The molecule has 0 aliphatic carbocycles. The Kier molecular flexibility index (Phi) is 12.7. The lowest BCUT2D eigenvalue weighted by atomic mass is 9.98. The summed E-state index contributed by atoms with van der Waals surface area (Å²) in [5, 5.41) is 12.1. The number of fused-ring (bicyclic) bond motifs is 15. The van der Waals surface area contributed by atoms with Crippen LogP contribution in [0.3, 0.4) is 0 Å². The zero-order valence-corrected chi connectivity index (χ0v) is 53.6. The maximum Gasteiger partial charge on any atom is 0.416 e. The topological polar surface area (TPSA) is 45.5 Å². The number of para-hydroxylation sites is 6. The molecular formula is C91H55F3N6. The number of aromatic nitrogens is 6. The number of rotatable bonds is 9. The molecule has 0 N–H and O–H groups in total. The molecule has 0 aliphatic rings. The van der Waals surface area contributed by atoms with Gasteiger partial charge >= 0.3 is 6.18 Å². The first-order valence-corrected chi connectivity index (χ1v) is 33.6. The Labute approximate surface area is 571 Å². The van der Waals surface area contributed by atoms with E-state index in [1.165, 1.54) is 33.7 Å². The fourth-order valence-electron chi connectivity index (χ4n) is 15.7. The number of alkyl halides is 3. The van der Waals surface area contributed by atoms with Gasteiger partial charge < -0.3 is 18.3 Å². The lowest BCUT2D eigenvalue weighted by Crippen LogP contribution is -2.03. The van der Waals surface area contributed by atoms with Crippen molar-refractivity contribution in [1.82, 2.24) is 28.2 Å². The van der Waals surface area contributed by atoms with Crippen LogP contribution in [0.15, 0.2) is 334 Å². The highest BCUT2D eigenvalue weighted by Gasteiger charge is 2.30. The Morgan fingerprint density at radius 1 is 0.220 bits per heavy atom. The van der Waals surface area contributed by atoms with Crippen molar-refractivity contribution in [3.63, 3.8) is 0 Å². The van der Waals surface area contributed by atoms with Gasteiger partial charge in [-0.05, 0) is 160 Å². The lowest BCUT2D eigenvalue weighted by Gasteiger charge is -2.17. The largest absolute Gasteiger partial charge is 0.416 e. The predicted molar refractivity (Wildman–Crippen MR) is 407 cm³/mol. The van der Waals surface area contributed by atoms with Crippen LogP contribution in [0.5, 0.6) is 0 Å². The Hall–Kier alpha value is -13.1. The van der Waals surface area contributed by atoms with Gasteiger partial charge in [-0.1, -0.05) is 212 Å². The third kappa shape index (κ3) is 9.05. The molecule has 20 aromatic rings. The number of hydrogen-bond acceptors (Lipinski definition) is 2. The van der Waals surface area contributed by atoms with Crippen molar-refractivity contribution in [3.8, 4) is 78.8 Å². The normalized spacial score (nSPS) is 12.2. The fraction of sp³-hybridized carbons (Fsp3) is 0.0110. The van der Waals surface area contributed by atoms with E-state index in [2.05, 4.69) is 297 Å². The van der Waals surface area contributed by atoms with Crippen LogP contribution in [-0.4, -0.2) is 28.2 Å². The fourth-order valence-corrected chi connectivity index (χ4v) is 15.7. The van der Waals surface area contributed by atoms with Crippen molar-refractivity contribution in [1.29, 1.82) is 0 Å². The smallest absolute Gasteiger partial charge is 0.309 e. The van der Waals surface area contributed by atoms with Crippen molar-refractivity contribution >= 4 is 109 Å². The molecule has 5 heterocycles. The minimum atomic E-state index is -4.44. The van der Waals surface area contributed by atoms with E-state index in [0.717, 1.165) is 167 Å². The molecule has 5 aromatic heterocycles. The molecule has 0 fully saturated rings. The van der Waals surface area contributed by atoms with Crippen LogP contribution >= 0.6 is 0 Å². The van der Waals surface area contributed by atoms with Gasteiger partial charge in [0.05, 0.1) is 60.9 Å². The van der Waals surface area contributed by atoms with Gasteiger partial charge in [0.15, 0.2) is 5.82 Å². The van der Waals surface area contributed by atoms with Crippen LogP contribution in [0.1, 0.15) is 5.56 Å². The maximum absolute atomic E-state index is 13.7. The van der Waals surface area contributed by atoms with Gasteiger partial charge in [0, 0.05) is 87.7 Å². The highest BCUT2D eigenvalue weighted by atomic mass is 19.4. The molecule has 0 bridgehead atoms. The summed E-state index contributed by atoms with van der Waals surface area (Å²) >= 11 is 0. The minimum Gasteiger partial charge on any atom is -0.309 e. The van der Waals surface area contributed by atoms with Gasteiger partial charge in [0.2, 0.25) is 0 Å². The van der Waals surface area contributed by atoms with E-state index in [9.17, 15) is 13.2 Å². The molecule has 470 valence electrons. The molecule has 6 nitrogen and oxygen atoms in total. The molecule has 0 amide bonds. The molecular weight excluding hydrogens is 1230 g/mol. The second-order valence-corrected chi connectivity index (χ2v) is 26.0. The standard InChI is InChI=1S/C91H55F3N6/c92-91(93,94)65-42-35-57(36-43-65)56-31-33-59(34-32-56)88-77-46-37-58-17-7-8-22-70(58)89(77)96-90(95-88)64-49-68(99-80-27-13-9-23-71(80)75-44-38-62(53-86(75)99)60-40-47-84-78(51-60)73-25-11-15-29-82(73)97(84)66-18-3-1-4-19-66)55-69(50-64)100-81-28-14-10-24-72(81)76-45-39-63(54-87(76)100)61-41-48-85-79(52-61)74-26-12-16-30-83(74)98(85)67-20-5-2-6-21-67/h1-55H. The van der Waals surface area contributed by atoms with Crippen molar-refractivity contribution in [2.24, 2.45) is 0 Å². The average Bonchev–Trinajstić information content (AvgIpc) is 1.70. The van der Waals surface area contributed by atoms with E-state index in [0.29, 0.717) is 11.4 Å². The molecule has 9 heteroatoms. The van der Waals surface area contributed by atoms with Crippen LogP contribution in [0.25, 0.3) is 188 Å². The third-order valence-electron chi connectivity index (χ3n) is 20.4. The third-order valence-corrected chi connectivity index (χ3v) is 20.4. The zero-order valence-electron chi connectivity index (χ0n) is 53.6. The van der Waals surface area contributed by atoms with Gasteiger partial charge in [-0.2, -0.15) is 13.2 Å². The van der Waals surface area contributed by atoms with Crippen LogP contribution < -0.4 is 0 Å². The molecule has 0 saturated heterocycles. The maximum atomic E-state index is 13.7. The van der Waals surface area contributed by atoms with Gasteiger partial charge in [-0.15, -0.1) is 0 Å². The van der Waals surface area contributed by atoms with E-state index in [4.69, 9.17) is 9.97 Å². The Morgan fingerprint density at radius 2 is 0.580 bits per heavy atom. The SMILES string of the molecule is FC(F)(F)c1ccc(-c2ccc(-c3nc(-c4cc(-n5c6ccccc6c6ccc(-c7ccc8c(c7)c7ccccc7n8-c7ccccc7)cc65)cc(-n5c6ccccc6c6ccc(-c7ccc8c(c7)c7ccccc7n8-c7ccccc7)cc65)c4)nc4c3ccc3ccccc34)cc2)cc1. The van der Waals surface area contributed by atoms with E-state index < -0.39 is 11.7 Å². The molecule has 20 rings (SSSR count). The molecule has 0 spiro atoms. The molecule has 100 heavy (non-hydrogen) atoms. The number of hydrogen-bond donors (Lipinski definition) is 0. The zero-order chi connectivity index (χ0) is 66.3. The second kappa shape index (κ2) is 22.2. The molecule has 0 radical (unpaired) electrons. The quantitative estimate of drug-likeness (QED) is 0.135. The Morgan fingerprint density at radius 3 is 1.07 bits per heavy atom. The number of nitrogens with zero attached hydrogens (tertiary/aromatic N) is 6. The Bertz CT molecular complexity index is 6440. The summed E-state index contributed by atoms with van der Waals surface area (Å²) in [5.74, 6) is 0.530. The summed E-state index contributed by atoms with van der Waals surface area (Å²) in [6.45, 7) is 0. The van der Waals surface area contributed by atoms with Crippen molar-refractivity contribution < 1.29 is 13.2 Å². The molecule has 0 saturated carbocycles. The minimum absolute atomic E-state index is 0.530. The van der Waals surface area contributed by atoms with E-state index in [-0.39, 0.29) is 0 Å². The first kappa shape index (κ1) is 57.2. The van der Waals surface area contributed by atoms with Crippen LogP contribution in [0, 0.1) is 0 Å². The monoisotopic (exact) mass is 1290 g/mol. The highest BCUT2D eigenvalue weighted by Crippen LogP contribution is 2.44. The van der Waals surface area contributed by atoms with Crippen molar-refractivity contribution in [2.45, 2.75) is 6.18 Å². The number of benzene rings is 15. The highest BCUT2D eigenvalue weighted by molar-refractivity contribution is 6.16. The van der Waals surface area contributed by atoms with Crippen LogP contribution in [0.4, 0.5) is 13.2 Å². The molecule has 0 unspecified atom stereocenters. The van der Waals surface area contributed by atoms with Gasteiger partial charge in [0.25, 0.3) is 0 Å². The Balaban J connectivity index is 0.824. The summed E-state index contributed by atoms with van der Waals surface area (Å²) in [7, 11) is 0. The van der Waals surface area contributed by atoms with Gasteiger partial charge in [-0.3, -0.25) is 0 Å². The average molecular weight is 1290 g/mol. The van der Waals surface area contributed by atoms with E-state index in [1.807, 2.05) is 30.3 Å². The summed E-state index contributed by atoms with van der Waals surface area (Å²) in [4.78, 5) is 11.3. The lowest BCUT2D eigenvalue weighted by molar-refractivity contribution is -0.137. The summed E-state index contributed by atoms with van der Waals surface area (Å²) < 4.78 is 50.8. The summed E-state index contributed by atoms with van der Waals surface area (Å²) in [6.07, 6.45) is -4.44. The van der Waals surface area contributed by atoms with E-state index in [1.54, 1.807) is 0 Å². The second-order valence-electron chi connectivity index (χ2n) is 26.0. The molecule has 15 aromatic carbocycles. The first-order valence-electron chi connectivity index (χ1n) is 33.6. The molecule has 0 aliphatic heterocycles. The summed E-state index contributed by atoms with van der Waals surface area (Å²) in [6, 6.07) is 116. The number of halogens is 3. The van der Waals surface area contributed by atoms with Crippen molar-refractivity contribution in [2.75, 3.05) is 0 Å². The predicted octanol–water partition coefficient (Wildman–Crippen LogP) is 24.5. The van der Waals surface area contributed by atoms with Gasteiger partial charge in [0.1, 0.15) is 0 Å². The summed E-state index contributed by atoms with van der Waals surface area (Å²) in [5.41, 5.74) is 21.2. The van der Waals surface area contributed by atoms with Crippen molar-refractivity contribution in [3.05, 3.63) is 339 Å². The first-order chi connectivity index (χ1) is 49.2.